The Hall–Kier alpha value is -2.83. The van der Waals surface area contributed by atoms with Crippen molar-refractivity contribution in [2.24, 2.45) is 0 Å². The molecular formula is C17H18N3O5P. The molecule has 0 aliphatic heterocycles. The highest BCUT2D eigenvalue weighted by Gasteiger charge is 2.10. The molecule has 3 aromatic rings. The monoisotopic (exact) mass is 375 g/mol. The van der Waals surface area contributed by atoms with Gasteiger partial charge in [0.1, 0.15) is 17.9 Å². The fourth-order valence-electron chi connectivity index (χ4n) is 2.49. The molecule has 0 fully saturated rings. The molecule has 3 rings (SSSR count). The quantitative estimate of drug-likeness (QED) is 0.608. The Morgan fingerprint density at radius 1 is 1.08 bits per heavy atom. The van der Waals surface area contributed by atoms with E-state index in [9.17, 15) is 4.57 Å². The summed E-state index contributed by atoms with van der Waals surface area (Å²) >= 11 is 0. The van der Waals surface area contributed by atoms with Crippen molar-refractivity contribution < 1.29 is 23.5 Å². The second-order valence-corrected chi connectivity index (χ2v) is 6.05. The van der Waals surface area contributed by atoms with Crippen molar-refractivity contribution in [2.75, 3.05) is 19.5 Å². The number of ether oxygens (including phenoxy) is 2. The van der Waals surface area contributed by atoms with Gasteiger partial charge in [-0.3, -0.25) is 0 Å². The lowest BCUT2D eigenvalue weighted by molar-refractivity contribution is 0.356. The summed E-state index contributed by atoms with van der Waals surface area (Å²) in [7, 11) is 0.154. The first kappa shape index (κ1) is 18.0. The molecule has 1 unspecified atom stereocenters. The number of anilines is 1. The van der Waals surface area contributed by atoms with Crippen molar-refractivity contribution in [1.29, 1.82) is 0 Å². The van der Waals surface area contributed by atoms with Crippen LogP contribution in [0.2, 0.25) is 0 Å². The number of fused-ring (bicyclic) bond motifs is 1. The SMILES string of the molecule is COc1cc2ncnc(NCc3ccc(O[PH](=O)O)cc3)c2cc1OC. The first-order valence-electron chi connectivity index (χ1n) is 7.71. The van der Waals surface area contributed by atoms with Crippen LogP contribution in [0.15, 0.2) is 42.7 Å². The van der Waals surface area contributed by atoms with Crippen LogP contribution in [0.5, 0.6) is 17.2 Å². The van der Waals surface area contributed by atoms with Gasteiger partial charge in [0.25, 0.3) is 0 Å². The summed E-state index contributed by atoms with van der Waals surface area (Å²) in [6.07, 6.45) is 1.48. The van der Waals surface area contributed by atoms with E-state index in [1.807, 2.05) is 6.07 Å². The highest BCUT2D eigenvalue weighted by atomic mass is 31.1. The van der Waals surface area contributed by atoms with Crippen molar-refractivity contribution in [1.82, 2.24) is 9.97 Å². The van der Waals surface area contributed by atoms with Gasteiger partial charge in [0.15, 0.2) is 11.5 Å². The third-order valence-electron chi connectivity index (χ3n) is 3.73. The molecule has 0 aliphatic rings. The number of aromatic nitrogens is 2. The van der Waals surface area contributed by atoms with E-state index in [1.165, 1.54) is 6.33 Å². The molecule has 1 aromatic heterocycles. The lowest BCUT2D eigenvalue weighted by Crippen LogP contribution is -2.03. The zero-order chi connectivity index (χ0) is 18.5. The molecule has 1 atom stereocenters. The first-order chi connectivity index (χ1) is 12.6. The Morgan fingerprint density at radius 2 is 1.77 bits per heavy atom. The molecule has 0 spiro atoms. The van der Waals surface area contributed by atoms with Gasteiger partial charge in [-0.05, 0) is 23.8 Å². The predicted octanol–water partition coefficient (Wildman–Crippen LogP) is 3.02. The number of hydrogen-bond acceptors (Lipinski definition) is 7. The third-order valence-corrected chi connectivity index (χ3v) is 4.14. The van der Waals surface area contributed by atoms with E-state index in [4.69, 9.17) is 18.9 Å². The number of nitrogens with zero attached hydrogens (tertiary/aromatic N) is 2. The summed E-state index contributed by atoms with van der Waals surface area (Å²) in [6.45, 7) is 0.509. The van der Waals surface area contributed by atoms with Gasteiger partial charge < -0.3 is 24.2 Å². The van der Waals surface area contributed by atoms with Gasteiger partial charge in [-0.2, -0.15) is 0 Å². The summed E-state index contributed by atoms with van der Waals surface area (Å²) < 4.78 is 26.1. The molecule has 0 saturated carbocycles. The maximum absolute atomic E-state index is 10.7. The fourth-order valence-corrected chi connectivity index (χ4v) is 2.82. The number of rotatable bonds is 7. The number of methoxy groups -OCH3 is 2. The molecule has 9 heteroatoms. The standard InChI is InChI=1S/C17H18N3O5P/c1-23-15-7-13-14(8-16(15)24-2)19-10-20-17(13)18-9-11-3-5-12(6-4-11)25-26(21)22/h3-8,10,26H,9H2,1-2H3,(H,21,22)(H,18,19,20). The molecule has 2 aromatic carbocycles. The minimum absolute atomic E-state index is 0.351. The minimum atomic E-state index is -3.00. The van der Waals surface area contributed by atoms with Gasteiger partial charge in [0.05, 0.1) is 19.7 Å². The molecule has 8 nitrogen and oxygen atoms in total. The van der Waals surface area contributed by atoms with Crippen LogP contribution in [-0.4, -0.2) is 29.1 Å². The maximum Gasteiger partial charge on any atom is 0.365 e. The average molecular weight is 375 g/mol. The van der Waals surface area contributed by atoms with Crippen molar-refractivity contribution >= 4 is 25.0 Å². The van der Waals surface area contributed by atoms with E-state index in [-0.39, 0.29) is 0 Å². The molecule has 0 amide bonds. The van der Waals surface area contributed by atoms with Gasteiger partial charge in [0.2, 0.25) is 0 Å². The van der Waals surface area contributed by atoms with Crippen LogP contribution >= 0.6 is 8.25 Å². The highest BCUT2D eigenvalue weighted by Crippen LogP contribution is 2.33. The van der Waals surface area contributed by atoms with E-state index in [0.29, 0.717) is 29.6 Å². The Kier molecular flexibility index (Phi) is 5.55. The molecule has 0 radical (unpaired) electrons. The number of benzene rings is 2. The minimum Gasteiger partial charge on any atom is -0.493 e. The van der Waals surface area contributed by atoms with Gasteiger partial charge >= 0.3 is 8.25 Å². The Bertz CT molecular complexity index is 934. The topological polar surface area (TPSA) is 103 Å². The van der Waals surface area contributed by atoms with Crippen LogP contribution in [0, 0.1) is 0 Å². The Balaban J connectivity index is 1.81. The van der Waals surface area contributed by atoms with Gasteiger partial charge in [-0.1, -0.05) is 12.1 Å². The first-order valence-corrected chi connectivity index (χ1v) is 8.97. The van der Waals surface area contributed by atoms with E-state index < -0.39 is 8.25 Å². The molecule has 0 saturated heterocycles. The maximum atomic E-state index is 10.7. The average Bonchev–Trinajstić information content (AvgIpc) is 2.65. The van der Waals surface area contributed by atoms with E-state index >= 15 is 0 Å². The number of hydrogen-bond donors (Lipinski definition) is 2. The molecule has 1 heterocycles. The molecule has 0 aliphatic carbocycles. The van der Waals surface area contributed by atoms with E-state index in [0.717, 1.165) is 16.5 Å². The van der Waals surface area contributed by atoms with Crippen LogP contribution in [0.3, 0.4) is 0 Å². The van der Waals surface area contributed by atoms with Gasteiger partial charge in [-0.15, -0.1) is 0 Å². The molecule has 0 bridgehead atoms. The van der Waals surface area contributed by atoms with Crippen molar-refractivity contribution in [2.45, 2.75) is 6.54 Å². The van der Waals surface area contributed by atoms with Crippen molar-refractivity contribution in [3.63, 3.8) is 0 Å². The smallest absolute Gasteiger partial charge is 0.365 e. The van der Waals surface area contributed by atoms with E-state index in [2.05, 4.69) is 15.3 Å². The van der Waals surface area contributed by atoms with Crippen LogP contribution < -0.4 is 19.3 Å². The zero-order valence-electron chi connectivity index (χ0n) is 14.2. The summed E-state index contributed by atoms with van der Waals surface area (Å²) in [5, 5.41) is 4.07. The normalized spacial score (nSPS) is 11.8. The lowest BCUT2D eigenvalue weighted by Gasteiger charge is -2.12. The molecule has 26 heavy (non-hydrogen) atoms. The second-order valence-electron chi connectivity index (χ2n) is 5.31. The Labute approximate surface area is 150 Å². The molecular weight excluding hydrogens is 357 g/mol. The fraction of sp³-hybridized carbons (Fsp3) is 0.176. The summed E-state index contributed by atoms with van der Waals surface area (Å²) in [5.74, 6) is 2.21. The second kappa shape index (κ2) is 8.03. The summed E-state index contributed by atoms with van der Waals surface area (Å²) in [6, 6.07) is 10.5. The van der Waals surface area contributed by atoms with Gasteiger partial charge in [0, 0.05) is 18.0 Å². The summed E-state index contributed by atoms with van der Waals surface area (Å²) in [5.41, 5.74) is 1.69. The van der Waals surface area contributed by atoms with Crippen LogP contribution in [-0.2, 0) is 11.1 Å². The van der Waals surface area contributed by atoms with Crippen LogP contribution in [0.1, 0.15) is 5.56 Å². The van der Waals surface area contributed by atoms with Crippen molar-refractivity contribution in [3.05, 3.63) is 48.3 Å². The van der Waals surface area contributed by atoms with Crippen molar-refractivity contribution in [3.8, 4) is 17.2 Å². The zero-order valence-corrected chi connectivity index (χ0v) is 15.2. The third kappa shape index (κ3) is 4.04. The Morgan fingerprint density at radius 3 is 2.42 bits per heavy atom. The highest BCUT2D eigenvalue weighted by molar-refractivity contribution is 7.32. The van der Waals surface area contributed by atoms with E-state index in [1.54, 1.807) is 44.6 Å². The van der Waals surface area contributed by atoms with Crippen LogP contribution in [0.4, 0.5) is 5.82 Å². The number of nitrogens with one attached hydrogen (secondary N) is 1. The van der Waals surface area contributed by atoms with Gasteiger partial charge in [-0.25, -0.2) is 14.5 Å². The predicted molar refractivity (Wildman–Crippen MR) is 98.3 cm³/mol. The lowest BCUT2D eigenvalue weighted by atomic mass is 10.2. The van der Waals surface area contributed by atoms with Crippen LogP contribution in [0.25, 0.3) is 10.9 Å². The molecule has 136 valence electrons. The molecule has 2 N–H and O–H groups in total. The summed E-state index contributed by atoms with van der Waals surface area (Å²) in [4.78, 5) is 17.3. The largest absolute Gasteiger partial charge is 0.493 e.